The van der Waals surface area contributed by atoms with Crippen molar-refractivity contribution in [3.05, 3.63) is 18.5 Å². The first-order chi connectivity index (χ1) is 9.85. The Morgan fingerprint density at radius 1 is 1.43 bits per heavy atom. The fourth-order valence-corrected chi connectivity index (χ4v) is 2.21. The third-order valence-electron chi connectivity index (χ3n) is 2.94. The molecule has 1 N–H and O–H groups in total. The van der Waals surface area contributed by atoms with Gasteiger partial charge >= 0.3 is 5.97 Å². The summed E-state index contributed by atoms with van der Waals surface area (Å²) in [7, 11) is 0. The Bertz CT molecular complexity index is 585. The van der Waals surface area contributed by atoms with Crippen molar-refractivity contribution in [3.8, 4) is 0 Å². The minimum atomic E-state index is -0.869. The highest BCUT2D eigenvalue weighted by atomic mass is 16.4. The van der Waals surface area contributed by atoms with Crippen LogP contribution in [-0.2, 0) is 11.3 Å². The topological polar surface area (TPSA) is 112 Å². The first-order valence-corrected chi connectivity index (χ1v) is 6.66. The number of aromatic nitrogens is 7. The lowest BCUT2D eigenvalue weighted by molar-refractivity contribution is -0.138. The molecular weight excluding hydrogens is 274 g/mol. The van der Waals surface area contributed by atoms with E-state index < -0.39 is 5.97 Å². The molecule has 0 fully saturated rings. The van der Waals surface area contributed by atoms with Crippen LogP contribution in [0.1, 0.15) is 45.5 Å². The Morgan fingerprint density at radius 2 is 2.19 bits per heavy atom. The molecule has 0 radical (unpaired) electrons. The molecule has 21 heavy (non-hydrogen) atoms. The molecule has 114 valence electrons. The molecule has 9 heteroatoms. The van der Waals surface area contributed by atoms with Crippen LogP contribution in [0.25, 0.3) is 0 Å². The average Bonchev–Trinajstić information content (AvgIpc) is 2.97. The van der Waals surface area contributed by atoms with Gasteiger partial charge in [-0.15, -0.1) is 5.10 Å². The zero-order valence-corrected chi connectivity index (χ0v) is 12.3. The first kappa shape index (κ1) is 15.1. The number of aliphatic carboxylic acids is 1. The van der Waals surface area contributed by atoms with Crippen LogP contribution in [-0.4, -0.2) is 46.0 Å². The molecule has 0 bridgehead atoms. The monoisotopic (exact) mass is 293 g/mol. The number of carbonyl (C=O) groups is 1. The first-order valence-electron chi connectivity index (χ1n) is 6.66. The highest BCUT2D eigenvalue weighted by Crippen LogP contribution is 2.29. The van der Waals surface area contributed by atoms with Crippen LogP contribution in [0, 0.1) is 5.41 Å². The number of carboxylic acid groups (broad SMARTS) is 1. The van der Waals surface area contributed by atoms with E-state index in [1.165, 1.54) is 6.33 Å². The average molecular weight is 293 g/mol. The molecule has 1 atom stereocenters. The quantitative estimate of drug-likeness (QED) is 0.836. The summed E-state index contributed by atoms with van der Waals surface area (Å²) in [6.07, 6.45) is 3.63. The van der Waals surface area contributed by atoms with Gasteiger partial charge in [-0.3, -0.25) is 4.79 Å². The number of hydrogen-bond donors (Lipinski definition) is 1. The largest absolute Gasteiger partial charge is 0.481 e. The van der Waals surface area contributed by atoms with Gasteiger partial charge in [0.05, 0.1) is 12.5 Å². The predicted molar refractivity (Wildman–Crippen MR) is 72.3 cm³/mol. The molecule has 0 spiro atoms. The van der Waals surface area contributed by atoms with Crippen LogP contribution in [0.15, 0.2) is 12.7 Å². The third kappa shape index (κ3) is 4.33. The van der Waals surface area contributed by atoms with E-state index in [9.17, 15) is 4.79 Å². The Morgan fingerprint density at radius 3 is 2.76 bits per heavy atom. The minimum Gasteiger partial charge on any atom is -0.481 e. The van der Waals surface area contributed by atoms with Crippen molar-refractivity contribution in [2.75, 3.05) is 0 Å². The summed E-state index contributed by atoms with van der Waals surface area (Å²) in [4.78, 5) is 15.0. The van der Waals surface area contributed by atoms with Crippen LogP contribution in [0.3, 0.4) is 0 Å². The van der Waals surface area contributed by atoms with Gasteiger partial charge in [0.15, 0.2) is 5.82 Å². The summed E-state index contributed by atoms with van der Waals surface area (Å²) in [5, 5.41) is 24.7. The van der Waals surface area contributed by atoms with Gasteiger partial charge in [-0.2, -0.15) is 5.10 Å². The van der Waals surface area contributed by atoms with Crippen LogP contribution < -0.4 is 0 Å². The van der Waals surface area contributed by atoms with E-state index in [-0.39, 0.29) is 17.9 Å². The van der Waals surface area contributed by atoms with Gasteiger partial charge in [0, 0.05) is 0 Å². The maximum Gasteiger partial charge on any atom is 0.305 e. The fraction of sp³-hybridized carbons (Fsp3) is 0.667. The summed E-state index contributed by atoms with van der Waals surface area (Å²) in [5.74, 6) is -0.303. The van der Waals surface area contributed by atoms with E-state index in [1.54, 1.807) is 15.7 Å². The molecule has 2 aromatic rings. The van der Waals surface area contributed by atoms with Gasteiger partial charge in [0.25, 0.3) is 0 Å². The Kier molecular flexibility index (Phi) is 4.29. The van der Waals surface area contributed by atoms with Crippen molar-refractivity contribution in [3.63, 3.8) is 0 Å². The number of hydrogen-bond acceptors (Lipinski definition) is 6. The normalized spacial score (nSPS) is 13.3. The number of rotatable bonds is 6. The second-order valence-electron chi connectivity index (χ2n) is 6.15. The molecule has 0 saturated heterocycles. The van der Waals surface area contributed by atoms with Crippen molar-refractivity contribution in [1.29, 1.82) is 0 Å². The van der Waals surface area contributed by atoms with Crippen molar-refractivity contribution in [2.45, 2.75) is 46.2 Å². The molecule has 1 unspecified atom stereocenters. The molecule has 0 amide bonds. The second kappa shape index (κ2) is 5.98. The standard InChI is InChI=1S/C12H19N7O2/c1-12(2,3)5-9(4-11(20)21)19-10(15-16-17-19)6-18-8-13-7-14-18/h7-9H,4-6H2,1-3H3,(H,20,21). The van der Waals surface area contributed by atoms with Crippen molar-refractivity contribution in [1.82, 2.24) is 35.0 Å². The van der Waals surface area contributed by atoms with Crippen molar-refractivity contribution in [2.24, 2.45) is 5.41 Å². The van der Waals surface area contributed by atoms with E-state index in [4.69, 9.17) is 5.11 Å². The van der Waals surface area contributed by atoms with Gasteiger partial charge in [0.1, 0.15) is 19.2 Å². The predicted octanol–water partition coefficient (Wildman–Crippen LogP) is 0.765. The van der Waals surface area contributed by atoms with Gasteiger partial charge in [-0.05, 0) is 22.3 Å². The lowest BCUT2D eigenvalue weighted by Crippen LogP contribution is -2.23. The van der Waals surface area contributed by atoms with Gasteiger partial charge < -0.3 is 5.11 Å². The van der Waals surface area contributed by atoms with Crippen LogP contribution >= 0.6 is 0 Å². The minimum absolute atomic E-state index is 0.0212. The zero-order chi connectivity index (χ0) is 15.5. The van der Waals surface area contributed by atoms with E-state index in [0.29, 0.717) is 18.8 Å². The lowest BCUT2D eigenvalue weighted by atomic mass is 9.87. The summed E-state index contributed by atoms with van der Waals surface area (Å²) in [6.45, 7) is 6.53. The lowest BCUT2D eigenvalue weighted by Gasteiger charge is -2.25. The molecule has 2 heterocycles. The number of carboxylic acids is 1. The van der Waals surface area contributed by atoms with Crippen LogP contribution in [0.5, 0.6) is 0 Å². The summed E-state index contributed by atoms with van der Waals surface area (Å²) < 4.78 is 3.18. The molecule has 2 aromatic heterocycles. The highest BCUT2D eigenvalue weighted by molar-refractivity contribution is 5.67. The van der Waals surface area contributed by atoms with Crippen molar-refractivity contribution < 1.29 is 9.90 Å². The molecule has 2 rings (SSSR count). The molecule has 0 aliphatic carbocycles. The molecule has 0 aromatic carbocycles. The van der Waals surface area contributed by atoms with Gasteiger partial charge in [-0.1, -0.05) is 20.8 Å². The second-order valence-corrected chi connectivity index (χ2v) is 6.15. The fourth-order valence-electron chi connectivity index (χ4n) is 2.21. The van der Waals surface area contributed by atoms with Crippen LogP contribution in [0.4, 0.5) is 0 Å². The SMILES string of the molecule is CC(C)(C)CC(CC(=O)O)n1nnnc1Cn1cncn1. The van der Waals surface area contributed by atoms with E-state index >= 15 is 0 Å². The van der Waals surface area contributed by atoms with Crippen molar-refractivity contribution >= 4 is 5.97 Å². The van der Waals surface area contributed by atoms with E-state index in [0.717, 1.165) is 0 Å². The molecule has 0 aliphatic rings. The molecule has 0 aliphatic heterocycles. The molecular formula is C12H19N7O2. The smallest absolute Gasteiger partial charge is 0.305 e. The Balaban J connectivity index is 2.23. The van der Waals surface area contributed by atoms with Gasteiger partial charge in [-0.25, -0.2) is 14.3 Å². The van der Waals surface area contributed by atoms with E-state index in [1.807, 2.05) is 0 Å². The maximum absolute atomic E-state index is 11.1. The number of tetrazole rings is 1. The van der Waals surface area contributed by atoms with Gasteiger partial charge in [0.2, 0.25) is 0 Å². The maximum atomic E-state index is 11.1. The Hall–Kier alpha value is -2.32. The van der Waals surface area contributed by atoms with E-state index in [2.05, 4.69) is 46.4 Å². The molecule has 9 nitrogen and oxygen atoms in total. The highest BCUT2D eigenvalue weighted by Gasteiger charge is 2.26. The summed E-state index contributed by atoms with van der Waals surface area (Å²) in [6, 6.07) is -0.295. The number of nitrogens with zero attached hydrogens (tertiary/aromatic N) is 7. The molecule has 0 saturated carbocycles. The van der Waals surface area contributed by atoms with Crippen LogP contribution in [0.2, 0.25) is 0 Å². The zero-order valence-electron chi connectivity index (χ0n) is 12.3. The summed E-state index contributed by atoms with van der Waals surface area (Å²) in [5.41, 5.74) is -0.0312. The summed E-state index contributed by atoms with van der Waals surface area (Å²) >= 11 is 0. The Labute approximate surface area is 122 Å². The third-order valence-corrected chi connectivity index (χ3v) is 2.94.